The van der Waals surface area contributed by atoms with E-state index in [-0.39, 0.29) is 0 Å². The summed E-state index contributed by atoms with van der Waals surface area (Å²) >= 11 is 0. The van der Waals surface area contributed by atoms with Crippen LogP contribution in [0.2, 0.25) is 0 Å². The molecule has 2 N–H and O–H groups in total. The minimum atomic E-state index is 0.606. The third kappa shape index (κ3) is 6.17. The number of rotatable bonds is 9. The molecule has 2 rings (SSSR count). The fourth-order valence-electron chi connectivity index (χ4n) is 2.77. The molecule has 0 unspecified atom stereocenters. The maximum absolute atomic E-state index is 4.66. The summed E-state index contributed by atoms with van der Waals surface area (Å²) in [5.74, 6) is 1.70. The van der Waals surface area contributed by atoms with Gasteiger partial charge in [-0.25, -0.2) is 14.7 Å². The van der Waals surface area contributed by atoms with Crippen LogP contribution in [0.25, 0.3) is 5.82 Å². The molecule has 26 heavy (non-hydrogen) atoms. The van der Waals surface area contributed by atoms with Gasteiger partial charge < -0.3 is 10.6 Å². The molecule has 6 heteroatoms. The van der Waals surface area contributed by atoms with Crippen molar-refractivity contribution in [3.63, 3.8) is 0 Å². The standard InChI is InChI=1S/C20H32N6/c1-5-7-8-9-12-22-20(21-6-2)24-15-18-10-11-19(23-14-18)26-17(4)13-16(3)25-26/h10-11,13-14H,5-9,12,15H2,1-4H3,(H2,21,22,24). The molecule has 0 aliphatic carbocycles. The topological polar surface area (TPSA) is 67.1 Å². The smallest absolute Gasteiger partial charge is 0.191 e. The zero-order valence-electron chi connectivity index (χ0n) is 16.5. The molecular weight excluding hydrogens is 324 g/mol. The Bertz CT molecular complexity index is 687. The van der Waals surface area contributed by atoms with E-state index in [1.165, 1.54) is 25.7 Å². The summed E-state index contributed by atoms with van der Waals surface area (Å²) < 4.78 is 1.87. The Hall–Kier alpha value is -2.37. The number of aliphatic imine (C=N–C) groups is 1. The predicted molar refractivity (Wildman–Crippen MR) is 108 cm³/mol. The zero-order valence-corrected chi connectivity index (χ0v) is 16.5. The van der Waals surface area contributed by atoms with Crippen molar-refractivity contribution >= 4 is 5.96 Å². The van der Waals surface area contributed by atoms with Crippen molar-refractivity contribution < 1.29 is 0 Å². The fourth-order valence-corrected chi connectivity index (χ4v) is 2.77. The van der Waals surface area contributed by atoms with Crippen molar-refractivity contribution in [3.05, 3.63) is 41.3 Å². The van der Waals surface area contributed by atoms with Gasteiger partial charge in [-0.15, -0.1) is 0 Å². The minimum Gasteiger partial charge on any atom is -0.357 e. The Morgan fingerprint density at radius 1 is 1.12 bits per heavy atom. The molecule has 0 bridgehead atoms. The van der Waals surface area contributed by atoms with Crippen molar-refractivity contribution in [1.82, 2.24) is 25.4 Å². The van der Waals surface area contributed by atoms with E-state index in [9.17, 15) is 0 Å². The molecule has 0 aliphatic rings. The SMILES string of the molecule is CCCCCCNC(=NCc1ccc(-n2nc(C)cc2C)nc1)NCC. The van der Waals surface area contributed by atoms with E-state index < -0.39 is 0 Å². The van der Waals surface area contributed by atoms with Crippen LogP contribution in [0.15, 0.2) is 29.4 Å². The summed E-state index contributed by atoms with van der Waals surface area (Å²) in [5, 5.41) is 11.2. The first kappa shape index (κ1) is 19.9. The summed E-state index contributed by atoms with van der Waals surface area (Å²) in [6, 6.07) is 6.11. The second kappa shape index (κ2) is 10.6. The summed E-state index contributed by atoms with van der Waals surface area (Å²) in [5.41, 5.74) is 3.17. The van der Waals surface area contributed by atoms with Crippen LogP contribution >= 0.6 is 0 Å². The first-order chi connectivity index (χ1) is 12.6. The Morgan fingerprint density at radius 3 is 2.58 bits per heavy atom. The van der Waals surface area contributed by atoms with Crippen LogP contribution in [0.4, 0.5) is 0 Å². The number of aromatic nitrogens is 3. The van der Waals surface area contributed by atoms with Crippen LogP contribution < -0.4 is 10.6 Å². The lowest BCUT2D eigenvalue weighted by atomic mass is 10.2. The van der Waals surface area contributed by atoms with Crippen LogP contribution in [-0.2, 0) is 6.54 Å². The molecule has 0 aromatic carbocycles. The first-order valence-corrected chi connectivity index (χ1v) is 9.64. The molecule has 0 saturated heterocycles. The highest BCUT2D eigenvalue weighted by atomic mass is 15.3. The van der Waals surface area contributed by atoms with E-state index in [0.717, 1.165) is 41.8 Å². The van der Waals surface area contributed by atoms with Gasteiger partial charge in [0.2, 0.25) is 0 Å². The number of pyridine rings is 1. The lowest BCUT2D eigenvalue weighted by Crippen LogP contribution is -2.37. The van der Waals surface area contributed by atoms with Crippen LogP contribution in [0, 0.1) is 13.8 Å². The normalized spacial score (nSPS) is 11.6. The van der Waals surface area contributed by atoms with Gasteiger partial charge in [0.25, 0.3) is 0 Å². The van der Waals surface area contributed by atoms with Gasteiger partial charge in [-0.3, -0.25) is 0 Å². The number of aryl methyl sites for hydroxylation is 2. The van der Waals surface area contributed by atoms with Crippen molar-refractivity contribution in [3.8, 4) is 5.82 Å². The van der Waals surface area contributed by atoms with Gasteiger partial charge in [0.05, 0.1) is 12.2 Å². The van der Waals surface area contributed by atoms with Gasteiger partial charge in [-0.05, 0) is 44.9 Å². The summed E-state index contributed by atoms with van der Waals surface area (Å²) in [4.78, 5) is 9.19. The molecule has 0 saturated carbocycles. The third-order valence-corrected chi connectivity index (χ3v) is 4.12. The molecule has 2 heterocycles. The average Bonchev–Trinajstić information content (AvgIpc) is 2.98. The van der Waals surface area contributed by atoms with Crippen molar-refractivity contribution in [2.24, 2.45) is 4.99 Å². The molecule has 142 valence electrons. The molecule has 2 aromatic heterocycles. The Morgan fingerprint density at radius 2 is 1.96 bits per heavy atom. The average molecular weight is 357 g/mol. The van der Waals surface area contributed by atoms with E-state index in [2.05, 4.69) is 51.7 Å². The van der Waals surface area contributed by atoms with E-state index in [4.69, 9.17) is 0 Å². The molecule has 0 aliphatic heterocycles. The number of guanidine groups is 1. The van der Waals surface area contributed by atoms with E-state index >= 15 is 0 Å². The Balaban J connectivity index is 1.92. The zero-order chi connectivity index (χ0) is 18.8. The quantitative estimate of drug-likeness (QED) is 0.410. The summed E-state index contributed by atoms with van der Waals surface area (Å²) in [7, 11) is 0. The number of hydrogen-bond acceptors (Lipinski definition) is 3. The summed E-state index contributed by atoms with van der Waals surface area (Å²) in [6.45, 7) is 10.8. The first-order valence-electron chi connectivity index (χ1n) is 9.64. The predicted octanol–water partition coefficient (Wildman–Crippen LogP) is 3.52. The summed E-state index contributed by atoms with van der Waals surface area (Å²) in [6.07, 6.45) is 6.87. The van der Waals surface area contributed by atoms with Crippen LogP contribution in [0.5, 0.6) is 0 Å². The van der Waals surface area contributed by atoms with Gasteiger partial charge in [0, 0.05) is 25.0 Å². The molecule has 0 fully saturated rings. The highest BCUT2D eigenvalue weighted by Gasteiger charge is 2.05. The van der Waals surface area contributed by atoms with E-state index in [0.29, 0.717) is 6.54 Å². The molecule has 6 nitrogen and oxygen atoms in total. The number of unbranched alkanes of at least 4 members (excludes halogenated alkanes) is 3. The lowest BCUT2D eigenvalue weighted by Gasteiger charge is -2.11. The molecule has 0 atom stereocenters. The monoisotopic (exact) mass is 356 g/mol. The molecule has 0 amide bonds. The fraction of sp³-hybridized carbons (Fsp3) is 0.550. The molecular formula is C20H32N6. The van der Waals surface area contributed by atoms with Crippen molar-refractivity contribution in [1.29, 1.82) is 0 Å². The number of hydrogen-bond donors (Lipinski definition) is 2. The number of nitrogens with zero attached hydrogens (tertiary/aromatic N) is 4. The van der Waals surface area contributed by atoms with Gasteiger partial charge >= 0.3 is 0 Å². The van der Waals surface area contributed by atoms with Gasteiger partial charge in [-0.1, -0.05) is 32.3 Å². The van der Waals surface area contributed by atoms with Gasteiger partial charge in [0.1, 0.15) is 0 Å². The van der Waals surface area contributed by atoms with Crippen LogP contribution in [-0.4, -0.2) is 33.8 Å². The molecule has 0 spiro atoms. The van der Waals surface area contributed by atoms with Crippen LogP contribution in [0.1, 0.15) is 56.5 Å². The highest BCUT2D eigenvalue weighted by molar-refractivity contribution is 5.79. The Labute approximate surface area is 157 Å². The second-order valence-electron chi connectivity index (χ2n) is 6.55. The third-order valence-electron chi connectivity index (χ3n) is 4.12. The van der Waals surface area contributed by atoms with E-state index in [1.807, 2.05) is 30.8 Å². The maximum atomic E-state index is 4.66. The van der Waals surface area contributed by atoms with E-state index in [1.54, 1.807) is 0 Å². The number of nitrogens with one attached hydrogen (secondary N) is 2. The van der Waals surface area contributed by atoms with Gasteiger partial charge in [-0.2, -0.15) is 5.10 Å². The Kier molecular flexibility index (Phi) is 8.12. The van der Waals surface area contributed by atoms with Crippen molar-refractivity contribution in [2.75, 3.05) is 13.1 Å². The highest BCUT2D eigenvalue weighted by Crippen LogP contribution is 2.10. The second-order valence-corrected chi connectivity index (χ2v) is 6.55. The maximum Gasteiger partial charge on any atom is 0.191 e. The lowest BCUT2D eigenvalue weighted by molar-refractivity contribution is 0.647. The largest absolute Gasteiger partial charge is 0.357 e. The molecule has 0 radical (unpaired) electrons. The van der Waals surface area contributed by atoms with Crippen LogP contribution in [0.3, 0.4) is 0 Å². The van der Waals surface area contributed by atoms with Crippen molar-refractivity contribution in [2.45, 2.75) is 59.9 Å². The molecule has 2 aromatic rings. The minimum absolute atomic E-state index is 0.606. The van der Waals surface area contributed by atoms with Gasteiger partial charge in [0.15, 0.2) is 11.8 Å².